The number of nitrogens with zero attached hydrogens (tertiary/aromatic N) is 2. The van der Waals surface area contributed by atoms with Crippen LogP contribution in [0.15, 0.2) is 37.5 Å². The molecule has 0 unspecified atom stereocenters. The van der Waals surface area contributed by atoms with Crippen LogP contribution >= 0.6 is 27.7 Å². The van der Waals surface area contributed by atoms with E-state index in [4.69, 9.17) is 0 Å². The van der Waals surface area contributed by atoms with E-state index in [2.05, 4.69) is 49.6 Å². The highest BCUT2D eigenvalue weighted by atomic mass is 79.9. The SMILES string of the molecule is CNCc1ccc(Sc2n[nH]c(=O)n2C2CC2)cc1Br. The molecule has 0 radical (unpaired) electrons. The van der Waals surface area contributed by atoms with Crippen LogP contribution in [0.4, 0.5) is 0 Å². The van der Waals surface area contributed by atoms with Gasteiger partial charge in [0.2, 0.25) is 0 Å². The fraction of sp³-hybridized carbons (Fsp3) is 0.385. The first-order chi connectivity index (χ1) is 9.69. The largest absolute Gasteiger partial charge is 0.344 e. The highest BCUT2D eigenvalue weighted by Crippen LogP contribution is 2.38. The van der Waals surface area contributed by atoms with Gasteiger partial charge in [0, 0.05) is 22.0 Å². The molecule has 0 amide bonds. The first kappa shape index (κ1) is 13.9. The van der Waals surface area contributed by atoms with Crippen molar-refractivity contribution in [1.29, 1.82) is 0 Å². The summed E-state index contributed by atoms with van der Waals surface area (Å²) in [4.78, 5) is 12.8. The van der Waals surface area contributed by atoms with Crippen LogP contribution in [-0.2, 0) is 6.54 Å². The number of aromatic nitrogens is 3. The highest BCUT2D eigenvalue weighted by Gasteiger charge is 2.28. The third-order valence-corrected chi connectivity index (χ3v) is 4.88. The summed E-state index contributed by atoms with van der Waals surface area (Å²) < 4.78 is 2.83. The molecule has 0 bridgehead atoms. The molecule has 1 heterocycles. The molecule has 1 aliphatic carbocycles. The van der Waals surface area contributed by atoms with Gasteiger partial charge < -0.3 is 5.32 Å². The molecule has 3 rings (SSSR count). The van der Waals surface area contributed by atoms with Gasteiger partial charge in [0.1, 0.15) is 0 Å². The fourth-order valence-corrected chi connectivity index (χ4v) is 3.66. The molecule has 2 N–H and O–H groups in total. The first-order valence-corrected chi connectivity index (χ1v) is 8.08. The second-order valence-corrected chi connectivity index (χ2v) is 6.69. The summed E-state index contributed by atoms with van der Waals surface area (Å²) in [6.45, 7) is 0.820. The Balaban J connectivity index is 1.84. The molecule has 1 saturated carbocycles. The van der Waals surface area contributed by atoms with E-state index in [-0.39, 0.29) is 5.69 Å². The van der Waals surface area contributed by atoms with Gasteiger partial charge in [-0.3, -0.25) is 4.57 Å². The minimum atomic E-state index is -0.110. The smallest absolute Gasteiger partial charge is 0.316 e. The van der Waals surface area contributed by atoms with Crippen LogP contribution in [0.2, 0.25) is 0 Å². The van der Waals surface area contributed by atoms with Crippen LogP contribution in [0.5, 0.6) is 0 Å². The summed E-state index contributed by atoms with van der Waals surface area (Å²) in [5.74, 6) is 0. The van der Waals surface area contributed by atoms with Crippen LogP contribution in [0.1, 0.15) is 24.4 Å². The number of hydrogen-bond donors (Lipinski definition) is 2. The summed E-state index contributed by atoms with van der Waals surface area (Å²) in [5.41, 5.74) is 1.10. The molecule has 5 nitrogen and oxygen atoms in total. The van der Waals surface area contributed by atoms with Gasteiger partial charge >= 0.3 is 5.69 Å². The third kappa shape index (κ3) is 2.84. The average Bonchev–Trinajstić information content (AvgIpc) is 3.18. The maximum Gasteiger partial charge on any atom is 0.344 e. The Morgan fingerprint density at radius 3 is 3.00 bits per heavy atom. The van der Waals surface area contributed by atoms with Crippen molar-refractivity contribution in [2.24, 2.45) is 0 Å². The average molecular weight is 355 g/mol. The highest BCUT2D eigenvalue weighted by molar-refractivity contribution is 9.10. The van der Waals surface area contributed by atoms with Crippen molar-refractivity contribution < 1.29 is 0 Å². The lowest BCUT2D eigenvalue weighted by molar-refractivity contribution is 0.642. The zero-order chi connectivity index (χ0) is 14.1. The predicted molar refractivity (Wildman–Crippen MR) is 82.1 cm³/mol. The Hall–Kier alpha value is -1.05. The summed E-state index contributed by atoms with van der Waals surface area (Å²) in [7, 11) is 1.92. The monoisotopic (exact) mass is 354 g/mol. The van der Waals surface area contributed by atoms with Crippen molar-refractivity contribution in [1.82, 2.24) is 20.1 Å². The van der Waals surface area contributed by atoms with E-state index in [1.807, 2.05) is 7.05 Å². The number of benzene rings is 1. The Morgan fingerprint density at radius 2 is 2.35 bits per heavy atom. The Kier molecular flexibility index (Phi) is 4.00. The van der Waals surface area contributed by atoms with E-state index < -0.39 is 0 Å². The zero-order valence-electron chi connectivity index (χ0n) is 11.0. The second kappa shape index (κ2) is 5.75. The van der Waals surface area contributed by atoms with Crippen molar-refractivity contribution in [3.05, 3.63) is 38.7 Å². The first-order valence-electron chi connectivity index (χ1n) is 6.47. The van der Waals surface area contributed by atoms with E-state index in [1.54, 1.807) is 4.57 Å². The molecule has 1 fully saturated rings. The van der Waals surface area contributed by atoms with Crippen LogP contribution in [0, 0.1) is 0 Å². The van der Waals surface area contributed by atoms with Gasteiger partial charge in [-0.1, -0.05) is 22.0 Å². The van der Waals surface area contributed by atoms with E-state index in [9.17, 15) is 4.79 Å². The Bertz CT molecular complexity index is 677. The van der Waals surface area contributed by atoms with Crippen LogP contribution in [0.3, 0.4) is 0 Å². The summed E-state index contributed by atoms with van der Waals surface area (Å²) >= 11 is 5.09. The summed E-state index contributed by atoms with van der Waals surface area (Å²) in [5, 5.41) is 10.5. The molecule has 1 aliphatic rings. The normalized spacial score (nSPS) is 14.7. The molecule has 0 aliphatic heterocycles. The molecule has 7 heteroatoms. The molecule has 0 spiro atoms. The van der Waals surface area contributed by atoms with Gasteiger partial charge in [0.15, 0.2) is 5.16 Å². The van der Waals surface area contributed by atoms with E-state index in [1.165, 1.54) is 17.3 Å². The van der Waals surface area contributed by atoms with Gasteiger partial charge in [-0.15, -0.1) is 5.10 Å². The van der Waals surface area contributed by atoms with Crippen molar-refractivity contribution >= 4 is 27.7 Å². The minimum Gasteiger partial charge on any atom is -0.316 e. The molecule has 20 heavy (non-hydrogen) atoms. The van der Waals surface area contributed by atoms with Crippen LogP contribution in [-0.4, -0.2) is 21.8 Å². The molecule has 1 aromatic heterocycles. The quantitative estimate of drug-likeness (QED) is 0.865. The van der Waals surface area contributed by atoms with Gasteiger partial charge in [-0.2, -0.15) is 0 Å². The Labute approximate surface area is 129 Å². The number of nitrogens with one attached hydrogen (secondary N) is 2. The Morgan fingerprint density at radius 1 is 1.55 bits per heavy atom. The van der Waals surface area contributed by atoms with Gasteiger partial charge in [0.25, 0.3) is 0 Å². The van der Waals surface area contributed by atoms with Crippen molar-refractivity contribution in [3.63, 3.8) is 0 Å². The van der Waals surface area contributed by atoms with Crippen LogP contribution in [0.25, 0.3) is 0 Å². The molecular weight excluding hydrogens is 340 g/mol. The lowest BCUT2D eigenvalue weighted by Gasteiger charge is -2.07. The maximum atomic E-state index is 11.7. The van der Waals surface area contributed by atoms with E-state index in [0.29, 0.717) is 6.04 Å². The molecule has 1 aromatic carbocycles. The summed E-state index contributed by atoms with van der Waals surface area (Å²) in [6, 6.07) is 6.53. The molecule has 0 atom stereocenters. The van der Waals surface area contributed by atoms with Crippen LogP contribution < -0.4 is 11.0 Å². The zero-order valence-corrected chi connectivity index (χ0v) is 13.4. The number of H-pyrrole nitrogens is 1. The summed E-state index contributed by atoms with van der Waals surface area (Å²) in [6.07, 6.45) is 2.13. The molecular formula is C13H15BrN4OS. The third-order valence-electron chi connectivity index (χ3n) is 3.18. The maximum absolute atomic E-state index is 11.7. The lowest BCUT2D eigenvalue weighted by Crippen LogP contribution is -2.15. The van der Waals surface area contributed by atoms with Gasteiger partial charge in [0.05, 0.1) is 0 Å². The van der Waals surface area contributed by atoms with Gasteiger partial charge in [-0.05, 0) is 49.3 Å². The standard InChI is InChI=1S/C13H15BrN4OS/c1-15-7-8-2-5-10(6-11(8)14)20-13-17-16-12(19)18(13)9-3-4-9/h2,5-6,9,15H,3-4,7H2,1H3,(H,16,19). The molecule has 0 saturated heterocycles. The van der Waals surface area contributed by atoms with E-state index >= 15 is 0 Å². The topological polar surface area (TPSA) is 62.7 Å². The minimum absolute atomic E-state index is 0.110. The number of hydrogen-bond acceptors (Lipinski definition) is 4. The molecule has 2 aromatic rings. The predicted octanol–water partition coefficient (Wildman–Crippen LogP) is 2.54. The molecule has 106 valence electrons. The second-order valence-electron chi connectivity index (χ2n) is 4.80. The van der Waals surface area contributed by atoms with Crippen molar-refractivity contribution in [3.8, 4) is 0 Å². The van der Waals surface area contributed by atoms with Crippen molar-refractivity contribution in [2.75, 3.05) is 7.05 Å². The van der Waals surface area contributed by atoms with Crippen molar-refractivity contribution in [2.45, 2.75) is 35.5 Å². The lowest BCUT2D eigenvalue weighted by atomic mass is 10.2. The van der Waals surface area contributed by atoms with E-state index in [0.717, 1.165) is 33.9 Å². The number of rotatable bonds is 5. The fourth-order valence-electron chi connectivity index (χ4n) is 2.05. The number of halogens is 1. The number of aromatic amines is 1. The van der Waals surface area contributed by atoms with Gasteiger partial charge in [-0.25, -0.2) is 9.89 Å².